The van der Waals surface area contributed by atoms with Gasteiger partial charge in [0.05, 0.1) is 5.60 Å². The average molecular weight is 220 g/mol. The van der Waals surface area contributed by atoms with Crippen LogP contribution in [0.5, 0.6) is 0 Å². The molecule has 1 fully saturated rings. The summed E-state index contributed by atoms with van der Waals surface area (Å²) in [5.74, 6) is 0. The summed E-state index contributed by atoms with van der Waals surface area (Å²) in [6, 6.07) is 8.26. The van der Waals surface area contributed by atoms with E-state index in [1.54, 1.807) is 0 Å². The van der Waals surface area contributed by atoms with E-state index in [0.29, 0.717) is 13.1 Å². The average Bonchev–Trinajstić information content (AvgIpc) is 2.28. The predicted molar refractivity (Wildman–Crippen MR) is 66.4 cm³/mol. The zero-order chi connectivity index (χ0) is 11.6. The number of hydrogen-bond donors (Lipinski definition) is 2. The van der Waals surface area contributed by atoms with Gasteiger partial charge in [0.2, 0.25) is 0 Å². The Kier molecular flexibility index (Phi) is 3.17. The molecule has 0 bridgehead atoms. The molecular weight excluding hydrogens is 200 g/mol. The van der Waals surface area contributed by atoms with E-state index in [2.05, 4.69) is 17.0 Å². The summed E-state index contributed by atoms with van der Waals surface area (Å²) in [4.78, 5) is 2.24. The largest absolute Gasteiger partial charge is 0.388 e. The van der Waals surface area contributed by atoms with E-state index in [-0.39, 0.29) is 0 Å². The highest BCUT2D eigenvalue weighted by Crippen LogP contribution is 2.26. The minimum absolute atomic E-state index is 0.559. The third kappa shape index (κ3) is 2.54. The molecule has 88 valence electrons. The van der Waals surface area contributed by atoms with Crippen LogP contribution < -0.4 is 10.6 Å². The number of anilines is 1. The number of benzene rings is 1. The summed E-state index contributed by atoms with van der Waals surface area (Å²) >= 11 is 0. The lowest BCUT2D eigenvalue weighted by molar-refractivity contribution is 0.0449. The third-order valence-electron chi connectivity index (χ3n) is 3.19. The minimum Gasteiger partial charge on any atom is -0.388 e. The van der Waals surface area contributed by atoms with Crippen molar-refractivity contribution in [3.8, 4) is 0 Å². The van der Waals surface area contributed by atoms with Gasteiger partial charge in [-0.3, -0.25) is 0 Å². The van der Waals surface area contributed by atoms with Gasteiger partial charge in [0.1, 0.15) is 0 Å². The summed E-state index contributed by atoms with van der Waals surface area (Å²) in [6.07, 6.45) is 1.93. The Morgan fingerprint density at radius 2 is 2.31 bits per heavy atom. The third-order valence-corrected chi connectivity index (χ3v) is 3.19. The van der Waals surface area contributed by atoms with Gasteiger partial charge in [-0.05, 0) is 37.5 Å². The van der Waals surface area contributed by atoms with Gasteiger partial charge in [-0.2, -0.15) is 0 Å². The second-order valence-corrected chi connectivity index (χ2v) is 4.90. The zero-order valence-corrected chi connectivity index (χ0v) is 9.82. The van der Waals surface area contributed by atoms with Crippen LogP contribution in [0, 0.1) is 0 Å². The number of nitrogens with zero attached hydrogens (tertiary/aromatic N) is 1. The Morgan fingerprint density at radius 1 is 1.50 bits per heavy atom. The van der Waals surface area contributed by atoms with Gasteiger partial charge >= 0.3 is 0 Å². The second-order valence-electron chi connectivity index (χ2n) is 4.90. The predicted octanol–water partition coefficient (Wildman–Crippen LogP) is 1.50. The van der Waals surface area contributed by atoms with Crippen molar-refractivity contribution in [2.24, 2.45) is 5.73 Å². The van der Waals surface area contributed by atoms with E-state index in [9.17, 15) is 5.11 Å². The first-order chi connectivity index (χ1) is 7.61. The van der Waals surface area contributed by atoms with Crippen LogP contribution in [0.15, 0.2) is 24.3 Å². The molecular formula is C13H20N2O. The Morgan fingerprint density at radius 3 is 3.00 bits per heavy atom. The van der Waals surface area contributed by atoms with E-state index in [0.717, 1.165) is 24.9 Å². The summed E-state index contributed by atoms with van der Waals surface area (Å²) in [5, 5.41) is 10.1. The highest BCUT2D eigenvalue weighted by atomic mass is 16.3. The van der Waals surface area contributed by atoms with Crippen molar-refractivity contribution in [2.45, 2.75) is 31.9 Å². The molecule has 1 aliphatic heterocycles. The van der Waals surface area contributed by atoms with Crippen LogP contribution in [0.2, 0.25) is 0 Å². The van der Waals surface area contributed by atoms with Crippen LogP contribution in [0.4, 0.5) is 5.69 Å². The fourth-order valence-electron chi connectivity index (χ4n) is 2.32. The normalized spacial score (nSPS) is 25.8. The van der Waals surface area contributed by atoms with Gasteiger partial charge in [-0.25, -0.2) is 0 Å². The Bertz CT molecular complexity index is 363. The first kappa shape index (κ1) is 11.4. The molecule has 16 heavy (non-hydrogen) atoms. The van der Waals surface area contributed by atoms with Crippen LogP contribution in [-0.2, 0) is 6.54 Å². The van der Waals surface area contributed by atoms with Crippen molar-refractivity contribution in [1.82, 2.24) is 0 Å². The summed E-state index contributed by atoms with van der Waals surface area (Å²) in [6.45, 7) is 4.20. The standard InChI is InChI=1S/C13H20N2O/c1-13(16)6-3-7-15(10-13)12-5-2-4-11(8-12)9-14/h2,4-5,8,16H,3,6-7,9-10,14H2,1H3. The van der Waals surface area contributed by atoms with Gasteiger partial charge in [0, 0.05) is 25.3 Å². The molecule has 2 rings (SSSR count). The quantitative estimate of drug-likeness (QED) is 0.794. The summed E-state index contributed by atoms with van der Waals surface area (Å²) in [5.41, 5.74) is 7.39. The van der Waals surface area contributed by atoms with Crippen molar-refractivity contribution >= 4 is 5.69 Å². The molecule has 3 N–H and O–H groups in total. The van der Waals surface area contributed by atoms with Crippen molar-refractivity contribution in [2.75, 3.05) is 18.0 Å². The number of rotatable bonds is 2. The van der Waals surface area contributed by atoms with E-state index in [1.807, 2.05) is 19.1 Å². The van der Waals surface area contributed by atoms with E-state index >= 15 is 0 Å². The van der Waals surface area contributed by atoms with Crippen LogP contribution in [0.1, 0.15) is 25.3 Å². The molecule has 0 aliphatic carbocycles. The Balaban J connectivity index is 2.16. The molecule has 0 aromatic heterocycles. The number of nitrogens with two attached hydrogens (primary N) is 1. The first-order valence-corrected chi connectivity index (χ1v) is 5.87. The van der Waals surface area contributed by atoms with Crippen LogP contribution in [-0.4, -0.2) is 23.8 Å². The Hall–Kier alpha value is -1.06. The molecule has 3 nitrogen and oxygen atoms in total. The van der Waals surface area contributed by atoms with Crippen molar-refractivity contribution < 1.29 is 5.11 Å². The van der Waals surface area contributed by atoms with E-state index in [1.165, 1.54) is 5.69 Å². The van der Waals surface area contributed by atoms with E-state index in [4.69, 9.17) is 5.73 Å². The maximum atomic E-state index is 10.1. The number of hydrogen-bond acceptors (Lipinski definition) is 3. The first-order valence-electron chi connectivity index (χ1n) is 5.87. The van der Waals surface area contributed by atoms with Crippen molar-refractivity contribution in [1.29, 1.82) is 0 Å². The van der Waals surface area contributed by atoms with Gasteiger partial charge in [-0.15, -0.1) is 0 Å². The topological polar surface area (TPSA) is 49.5 Å². The summed E-state index contributed by atoms with van der Waals surface area (Å²) < 4.78 is 0. The minimum atomic E-state index is -0.559. The molecule has 1 aliphatic rings. The lowest BCUT2D eigenvalue weighted by Crippen LogP contribution is -2.46. The van der Waals surface area contributed by atoms with Crippen LogP contribution in [0.3, 0.4) is 0 Å². The molecule has 1 aromatic rings. The molecule has 3 heteroatoms. The SMILES string of the molecule is CC1(O)CCCN(c2cccc(CN)c2)C1. The molecule has 1 unspecified atom stereocenters. The molecule has 1 saturated heterocycles. The molecule has 1 atom stereocenters. The maximum Gasteiger partial charge on any atom is 0.0794 e. The van der Waals surface area contributed by atoms with Gasteiger partial charge < -0.3 is 15.7 Å². The highest BCUT2D eigenvalue weighted by Gasteiger charge is 2.28. The number of aliphatic hydroxyl groups is 1. The maximum absolute atomic E-state index is 10.1. The fraction of sp³-hybridized carbons (Fsp3) is 0.538. The zero-order valence-electron chi connectivity index (χ0n) is 9.82. The smallest absolute Gasteiger partial charge is 0.0794 e. The molecule has 1 aromatic carbocycles. The molecule has 0 spiro atoms. The lowest BCUT2D eigenvalue weighted by Gasteiger charge is -2.38. The van der Waals surface area contributed by atoms with Crippen LogP contribution in [0.25, 0.3) is 0 Å². The highest BCUT2D eigenvalue weighted by molar-refractivity contribution is 5.49. The number of piperidine rings is 1. The van der Waals surface area contributed by atoms with E-state index < -0.39 is 5.60 Å². The Labute approximate surface area is 96.9 Å². The molecule has 1 heterocycles. The molecule has 0 saturated carbocycles. The molecule has 0 radical (unpaired) electrons. The second kappa shape index (κ2) is 4.44. The monoisotopic (exact) mass is 220 g/mol. The summed E-state index contributed by atoms with van der Waals surface area (Å²) in [7, 11) is 0. The fourth-order valence-corrected chi connectivity index (χ4v) is 2.32. The lowest BCUT2D eigenvalue weighted by atomic mass is 9.94. The number of β-amino-alcohol motifs (C(OH)–C–C–N with tert-alkyl or cyclic N) is 1. The van der Waals surface area contributed by atoms with Crippen molar-refractivity contribution in [3.05, 3.63) is 29.8 Å². The van der Waals surface area contributed by atoms with Gasteiger partial charge in [0.25, 0.3) is 0 Å². The van der Waals surface area contributed by atoms with Gasteiger partial charge in [-0.1, -0.05) is 12.1 Å². The molecule has 0 amide bonds. The van der Waals surface area contributed by atoms with Gasteiger partial charge in [0.15, 0.2) is 0 Å². The van der Waals surface area contributed by atoms with Crippen LogP contribution >= 0.6 is 0 Å². The van der Waals surface area contributed by atoms with Crippen molar-refractivity contribution in [3.63, 3.8) is 0 Å².